The van der Waals surface area contributed by atoms with E-state index in [9.17, 15) is 17.8 Å². The largest absolute Gasteiger partial charge is 0.388 e. The van der Waals surface area contributed by atoms with E-state index in [1.165, 1.54) is 19.1 Å². The lowest BCUT2D eigenvalue weighted by atomic mass is 10.2. The van der Waals surface area contributed by atoms with Gasteiger partial charge >= 0.3 is 0 Å². The van der Waals surface area contributed by atoms with E-state index in [0.717, 1.165) is 5.69 Å². The van der Waals surface area contributed by atoms with Gasteiger partial charge in [-0.3, -0.25) is 9.35 Å². The molecule has 2 aromatic rings. The minimum absolute atomic E-state index is 0.000400. The van der Waals surface area contributed by atoms with Crippen molar-refractivity contribution in [3.05, 3.63) is 42.0 Å². The SMILES string of the molecule is CNc1ccc(N=Nc2ccc(C)cc2S(=O)(=O)O)c(NC(C)=O)c1. The van der Waals surface area contributed by atoms with E-state index in [4.69, 9.17) is 0 Å². The Morgan fingerprint density at radius 3 is 2.32 bits per heavy atom. The molecular formula is C16H18N4O4S. The van der Waals surface area contributed by atoms with E-state index in [1.54, 1.807) is 38.2 Å². The van der Waals surface area contributed by atoms with Crippen molar-refractivity contribution in [1.29, 1.82) is 0 Å². The van der Waals surface area contributed by atoms with Crippen LogP contribution in [0.4, 0.5) is 22.7 Å². The molecule has 132 valence electrons. The number of nitrogens with zero attached hydrogens (tertiary/aromatic N) is 2. The lowest BCUT2D eigenvalue weighted by Crippen LogP contribution is -2.06. The number of nitrogens with one attached hydrogen (secondary N) is 2. The van der Waals surface area contributed by atoms with Crippen molar-refractivity contribution in [3.63, 3.8) is 0 Å². The molecule has 0 atom stereocenters. The number of hydrogen-bond acceptors (Lipinski definition) is 6. The number of amides is 1. The molecule has 0 aliphatic heterocycles. The summed E-state index contributed by atoms with van der Waals surface area (Å²) in [6, 6.07) is 9.45. The fraction of sp³-hybridized carbons (Fsp3) is 0.188. The van der Waals surface area contributed by atoms with Gasteiger partial charge in [0.1, 0.15) is 16.3 Å². The normalized spacial score (nSPS) is 11.5. The molecule has 1 amide bonds. The molecule has 0 saturated carbocycles. The van der Waals surface area contributed by atoms with E-state index in [0.29, 0.717) is 16.9 Å². The van der Waals surface area contributed by atoms with Gasteiger partial charge in [-0.2, -0.15) is 8.42 Å². The fourth-order valence-electron chi connectivity index (χ4n) is 2.09. The molecule has 8 nitrogen and oxygen atoms in total. The molecule has 0 aliphatic carbocycles. The summed E-state index contributed by atoms with van der Waals surface area (Å²) in [5.74, 6) is -0.279. The molecule has 0 radical (unpaired) electrons. The summed E-state index contributed by atoms with van der Waals surface area (Å²) in [5, 5.41) is 13.5. The van der Waals surface area contributed by atoms with Crippen LogP contribution in [0, 0.1) is 6.92 Å². The first-order valence-corrected chi connectivity index (χ1v) is 8.74. The Kier molecular flexibility index (Phi) is 5.50. The zero-order valence-electron chi connectivity index (χ0n) is 13.9. The molecule has 0 aliphatic rings. The Morgan fingerprint density at radius 1 is 1.08 bits per heavy atom. The molecule has 0 unspecified atom stereocenters. The zero-order chi connectivity index (χ0) is 18.6. The average Bonchev–Trinajstić information content (AvgIpc) is 2.53. The minimum atomic E-state index is -4.43. The Hall–Kier alpha value is -2.78. The smallest absolute Gasteiger partial charge is 0.296 e. The highest BCUT2D eigenvalue weighted by atomic mass is 32.2. The summed E-state index contributed by atoms with van der Waals surface area (Å²) >= 11 is 0. The lowest BCUT2D eigenvalue weighted by Gasteiger charge is -2.08. The van der Waals surface area contributed by atoms with Gasteiger partial charge in [0.15, 0.2) is 0 Å². The molecule has 0 spiro atoms. The second-order valence-electron chi connectivity index (χ2n) is 5.31. The van der Waals surface area contributed by atoms with Crippen molar-refractivity contribution >= 4 is 38.8 Å². The van der Waals surface area contributed by atoms with E-state index in [-0.39, 0.29) is 16.5 Å². The minimum Gasteiger partial charge on any atom is -0.388 e. The Balaban J connectivity index is 2.48. The molecule has 0 heterocycles. The molecule has 0 bridgehead atoms. The van der Waals surface area contributed by atoms with E-state index < -0.39 is 10.1 Å². The number of anilines is 2. The number of benzene rings is 2. The van der Waals surface area contributed by atoms with Crippen LogP contribution in [0.15, 0.2) is 51.5 Å². The van der Waals surface area contributed by atoms with Crippen LogP contribution in [0.5, 0.6) is 0 Å². The van der Waals surface area contributed by atoms with Gasteiger partial charge in [0.2, 0.25) is 5.91 Å². The summed E-state index contributed by atoms with van der Waals surface area (Å²) in [5.41, 5.74) is 2.18. The third kappa shape index (κ3) is 4.85. The van der Waals surface area contributed by atoms with Crippen LogP contribution in [0.3, 0.4) is 0 Å². The van der Waals surface area contributed by atoms with Crippen LogP contribution in [-0.4, -0.2) is 25.9 Å². The van der Waals surface area contributed by atoms with Crippen LogP contribution in [-0.2, 0) is 14.9 Å². The molecule has 0 saturated heterocycles. The maximum absolute atomic E-state index is 11.5. The van der Waals surface area contributed by atoms with Gasteiger partial charge in [0.05, 0.1) is 5.69 Å². The van der Waals surface area contributed by atoms with Gasteiger partial charge < -0.3 is 10.6 Å². The monoisotopic (exact) mass is 362 g/mol. The van der Waals surface area contributed by atoms with Crippen molar-refractivity contribution in [2.24, 2.45) is 10.2 Å². The fourth-order valence-corrected chi connectivity index (χ4v) is 2.79. The van der Waals surface area contributed by atoms with E-state index in [1.807, 2.05) is 0 Å². The van der Waals surface area contributed by atoms with Gasteiger partial charge in [0, 0.05) is 19.7 Å². The van der Waals surface area contributed by atoms with E-state index in [2.05, 4.69) is 20.9 Å². The van der Waals surface area contributed by atoms with Crippen LogP contribution >= 0.6 is 0 Å². The second kappa shape index (κ2) is 7.41. The maximum atomic E-state index is 11.5. The second-order valence-corrected chi connectivity index (χ2v) is 6.70. The Bertz CT molecular complexity index is 939. The molecule has 3 N–H and O–H groups in total. The summed E-state index contributed by atoms with van der Waals surface area (Å²) in [6.45, 7) is 3.06. The number of rotatable bonds is 5. The number of aryl methyl sites for hydroxylation is 1. The summed E-state index contributed by atoms with van der Waals surface area (Å²) < 4.78 is 32.3. The molecule has 9 heteroatoms. The summed E-state index contributed by atoms with van der Waals surface area (Å²) in [6.07, 6.45) is 0. The quantitative estimate of drug-likeness (QED) is 0.554. The van der Waals surface area contributed by atoms with Crippen molar-refractivity contribution in [3.8, 4) is 0 Å². The average molecular weight is 362 g/mol. The van der Waals surface area contributed by atoms with Gasteiger partial charge in [-0.05, 0) is 42.8 Å². The van der Waals surface area contributed by atoms with Crippen LogP contribution in [0.2, 0.25) is 0 Å². The topological polar surface area (TPSA) is 120 Å². The Morgan fingerprint density at radius 2 is 1.72 bits per heavy atom. The first-order valence-electron chi connectivity index (χ1n) is 7.30. The Labute approximate surface area is 145 Å². The number of carbonyl (C=O) groups is 1. The van der Waals surface area contributed by atoms with Crippen LogP contribution < -0.4 is 10.6 Å². The zero-order valence-corrected chi connectivity index (χ0v) is 14.8. The standard InChI is InChI=1S/C16H18N4O4S/c1-10-4-6-14(16(8-10)25(22,23)24)20-19-13-7-5-12(17-3)9-15(13)18-11(2)21/h4-9,17H,1-3H3,(H,18,21)(H,22,23,24). The van der Waals surface area contributed by atoms with Gasteiger partial charge in [-0.25, -0.2) is 0 Å². The molecule has 25 heavy (non-hydrogen) atoms. The predicted molar refractivity (Wildman–Crippen MR) is 95.5 cm³/mol. The van der Waals surface area contributed by atoms with Crippen LogP contribution in [0.1, 0.15) is 12.5 Å². The van der Waals surface area contributed by atoms with Crippen molar-refractivity contribution < 1.29 is 17.8 Å². The molecule has 0 aromatic heterocycles. The summed E-state index contributed by atoms with van der Waals surface area (Å²) in [4.78, 5) is 11.0. The number of hydrogen-bond donors (Lipinski definition) is 3. The lowest BCUT2D eigenvalue weighted by molar-refractivity contribution is -0.114. The predicted octanol–water partition coefficient (Wildman–Crippen LogP) is 3.66. The third-order valence-electron chi connectivity index (χ3n) is 3.25. The van der Waals surface area contributed by atoms with Gasteiger partial charge in [-0.1, -0.05) is 6.07 Å². The molecule has 2 rings (SSSR count). The highest BCUT2D eigenvalue weighted by Crippen LogP contribution is 2.32. The van der Waals surface area contributed by atoms with Crippen LogP contribution in [0.25, 0.3) is 0 Å². The van der Waals surface area contributed by atoms with E-state index >= 15 is 0 Å². The van der Waals surface area contributed by atoms with Gasteiger partial charge in [0.25, 0.3) is 10.1 Å². The first-order chi connectivity index (χ1) is 11.7. The van der Waals surface area contributed by atoms with Crippen molar-refractivity contribution in [1.82, 2.24) is 0 Å². The molecule has 2 aromatic carbocycles. The first kappa shape index (κ1) is 18.6. The van der Waals surface area contributed by atoms with Gasteiger partial charge in [-0.15, -0.1) is 10.2 Å². The molecular weight excluding hydrogens is 344 g/mol. The third-order valence-corrected chi connectivity index (χ3v) is 4.14. The number of azo groups is 1. The highest BCUT2D eigenvalue weighted by Gasteiger charge is 2.16. The van der Waals surface area contributed by atoms with Crippen molar-refractivity contribution in [2.45, 2.75) is 18.7 Å². The van der Waals surface area contributed by atoms with Crippen molar-refractivity contribution in [2.75, 3.05) is 17.7 Å². The highest BCUT2D eigenvalue weighted by molar-refractivity contribution is 7.86. The number of carbonyl (C=O) groups excluding carboxylic acids is 1. The molecule has 0 fully saturated rings. The summed E-state index contributed by atoms with van der Waals surface area (Å²) in [7, 11) is -2.70. The maximum Gasteiger partial charge on any atom is 0.296 e.